The number of nitrogens with two attached hydrogens (primary N) is 1. The molecule has 2 aromatic rings. The first-order valence-corrected chi connectivity index (χ1v) is 6.71. The van der Waals surface area contributed by atoms with Crippen LogP contribution >= 0.6 is 11.6 Å². The van der Waals surface area contributed by atoms with Crippen molar-refractivity contribution in [1.29, 1.82) is 0 Å². The number of urea groups is 1. The Kier molecular flexibility index (Phi) is 4.65. The summed E-state index contributed by atoms with van der Waals surface area (Å²) in [6.45, 7) is 1.90. The van der Waals surface area contributed by atoms with Gasteiger partial charge in [0.2, 0.25) is 0 Å². The van der Waals surface area contributed by atoms with Gasteiger partial charge in [-0.3, -0.25) is 0 Å². The molecular weight excluding hydrogens is 293 g/mol. The summed E-state index contributed by atoms with van der Waals surface area (Å²) >= 11 is 5.67. The molecule has 0 aliphatic carbocycles. The van der Waals surface area contributed by atoms with Crippen LogP contribution in [0.1, 0.15) is 18.5 Å². The molecule has 2 rings (SSSR count). The van der Waals surface area contributed by atoms with Gasteiger partial charge in [0.1, 0.15) is 5.82 Å². The van der Waals surface area contributed by atoms with E-state index in [1.807, 2.05) is 13.0 Å². The number of carbonyl (C=O) groups excluding carboxylic acids is 1. The average molecular weight is 308 g/mol. The highest BCUT2D eigenvalue weighted by Crippen LogP contribution is 2.24. The molecule has 1 unspecified atom stereocenters. The van der Waals surface area contributed by atoms with E-state index in [1.54, 1.807) is 24.3 Å². The van der Waals surface area contributed by atoms with E-state index in [2.05, 4.69) is 10.6 Å². The zero-order valence-electron chi connectivity index (χ0n) is 11.4. The van der Waals surface area contributed by atoms with E-state index in [9.17, 15) is 9.18 Å². The number of benzene rings is 2. The van der Waals surface area contributed by atoms with Gasteiger partial charge in [-0.2, -0.15) is 0 Å². The molecule has 0 heterocycles. The third-order valence-corrected chi connectivity index (χ3v) is 3.26. The van der Waals surface area contributed by atoms with Gasteiger partial charge in [0.15, 0.2) is 0 Å². The molecule has 0 radical (unpaired) electrons. The van der Waals surface area contributed by atoms with Crippen molar-refractivity contribution < 1.29 is 9.18 Å². The maximum absolute atomic E-state index is 13.5. The molecule has 21 heavy (non-hydrogen) atoms. The van der Waals surface area contributed by atoms with E-state index >= 15 is 0 Å². The highest BCUT2D eigenvalue weighted by atomic mass is 35.5. The van der Waals surface area contributed by atoms with Crippen LogP contribution in [0, 0.1) is 5.82 Å². The van der Waals surface area contributed by atoms with Crippen LogP contribution in [-0.4, -0.2) is 6.03 Å². The van der Waals surface area contributed by atoms with E-state index in [0.717, 1.165) is 11.3 Å². The molecule has 1 atom stereocenters. The van der Waals surface area contributed by atoms with Gasteiger partial charge >= 0.3 is 6.03 Å². The third-order valence-electron chi connectivity index (χ3n) is 2.96. The fourth-order valence-corrected chi connectivity index (χ4v) is 2.06. The fraction of sp³-hybridized carbons (Fsp3) is 0.133. The molecule has 0 spiro atoms. The molecule has 0 aliphatic heterocycles. The molecular formula is C15H15ClFN3O. The minimum Gasteiger partial charge on any atom is -0.378 e. The second-order valence-corrected chi connectivity index (χ2v) is 5.02. The molecule has 2 aromatic carbocycles. The summed E-state index contributed by atoms with van der Waals surface area (Å²) in [6, 6.07) is 11.0. The molecule has 0 fully saturated rings. The standard InChI is InChI=1S/C15H15ClFN3O/c1-9(10-5-6-13(16)14(17)7-10)19-11-3-2-4-12(8-11)20-15(18)21/h2-9,19H,1H3,(H3,18,20,21). The van der Waals surface area contributed by atoms with E-state index in [1.165, 1.54) is 12.1 Å². The first-order valence-electron chi connectivity index (χ1n) is 6.33. The van der Waals surface area contributed by atoms with Crippen LogP contribution in [0.25, 0.3) is 0 Å². The molecule has 0 bridgehead atoms. The van der Waals surface area contributed by atoms with Gasteiger partial charge in [-0.05, 0) is 42.8 Å². The molecule has 0 aliphatic rings. The number of hydrogen-bond donors (Lipinski definition) is 3. The molecule has 4 N–H and O–H groups in total. The maximum atomic E-state index is 13.5. The number of anilines is 2. The van der Waals surface area contributed by atoms with E-state index in [0.29, 0.717) is 5.69 Å². The second-order valence-electron chi connectivity index (χ2n) is 4.61. The number of halogens is 2. The topological polar surface area (TPSA) is 67.2 Å². The summed E-state index contributed by atoms with van der Waals surface area (Å²) in [5, 5.41) is 5.81. The summed E-state index contributed by atoms with van der Waals surface area (Å²) in [7, 11) is 0. The maximum Gasteiger partial charge on any atom is 0.316 e. The monoisotopic (exact) mass is 307 g/mol. The van der Waals surface area contributed by atoms with Gasteiger partial charge in [0, 0.05) is 17.4 Å². The summed E-state index contributed by atoms with van der Waals surface area (Å²) in [4.78, 5) is 10.8. The Balaban J connectivity index is 2.13. The average Bonchev–Trinajstić information content (AvgIpc) is 2.41. The molecule has 110 valence electrons. The van der Waals surface area contributed by atoms with Crippen LogP contribution in [0.15, 0.2) is 42.5 Å². The van der Waals surface area contributed by atoms with Crippen LogP contribution in [0.2, 0.25) is 5.02 Å². The lowest BCUT2D eigenvalue weighted by Crippen LogP contribution is -2.19. The van der Waals surface area contributed by atoms with Gasteiger partial charge in [0.05, 0.1) is 5.02 Å². The second kappa shape index (κ2) is 6.45. The zero-order chi connectivity index (χ0) is 15.4. The van der Waals surface area contributed by atoms with Crippen molar-refractivity contribution in [2.24, 2.45) is 5.73 Å². The number of hydrogen-bond acceptors (Lipinski definition) is 2. The first-order chi connectivity index (χ1) is 9.95. The fourth-order valence-electron chi connectivity index (χ4n) is 1.94. The highest BCUT2D eigenvalue weighted by Gasteiger charge is 2.09. The minimum absolute atomic E-state index is 0.0959. The molecule has 0 saturated carbocycles. The van der Waals surface area contributed by atoms with E-state index in [-0.39, 0.29) is 11.1 Å². The Bertz CT molecular complexity index is 663. The van der Waals surface area contributed by atoms with Gasteiger partial charge in [0.25, 0.3) is 0 Å². The lowest BCUT2D eigenvalue weighted by Gasteiger charge is -2.16. The predicted molar refractivity (Wildman–Crippen MR) is 83.1 cm³/mol. The first kappa shape index (κ1) is 15.1. The number of rotatable bonds is 4. The van der Waals surface area contributed by atoms with Crippen molar-refractivity contribution in [3.05, 3.63) is 58.9 Å². The minimum atomic E-state index is -0.625. The van der Waals surface area contributed by atoms with Crippen molar-refractivity contribution in [1.82, 2.24) is 0 Å². The zero-order valence-corrected chi connectivity index (χ0v) is 12.1. The highest BCUT2D eigenvalue weighted by molar-refractivity contribution is 6.30. The smallest absolute Gasteiger partial charge is 0.316 e. The molecule has 6 heteroatoms. The molecule has 0 aromatic heterocycles. The Morgan fingerprint density at radius 2 is 1.95 bits per heavy atom. The van der Waals surface area contributed by atoms with Crippen molar-refractivity contribution >= 4 is 29.0 Å². The van der Waals surface area contributed by atoms with Crippen LogP contribution in [-0.2, 0) is 0 Å². The number of amides is 2. The van der Waals surface area contributed by atoms with Crippen LogP contribution in [0.4, 0.5) is 20.6 Å². The lowest BCUT2D eigenvalue weighted by molar-refractivity contribution is 0.259. The molecule has 4 nitrogen and oxygen atoms in total. The van der Waals surface area contributed by atoms with Crippen LogP contribution < -0.4 is 16.4 Å². The van der Waals surface area contributed by atoms with Crippen molar-refractivity contribution in [2.45, 2.75) is 13.0 Å². The van der Waals surface area contributed by atoms with E-state index < -0.39 is 11.8 Å². The Morgan fingerprint density at radius 3 is 2.62 bits per heavy atom. The summed E-state index contributed by atoms with van der Waals surface area (Å²) in [6.07, 6.45) is 0. The summed E-state index contributed by atoms with van der Waals surface area (Å²) < 4.78 is 13.5. The van der Waals surface area contributed by atoms with Gasteiger partial charge in [-0.15, -0.1) is 0 Å². The number of carbonyl (C=O) groups is 1. The summed E-state index contributed by atoms with van der Waals surface area (Å²) in [5.41, 5.74) is 7.21. The lowest BCUT2D eigenvalue weighted by atomic mass is 10.1. The predicted octanol–water partition coefficient (Wildman–Crippen LogP) is 4.14. The van der Waals surface area contributed by atoms with Gasteiger partial charge in [-0.25, -0.2) is 9.18 Å². The van der Waals surface area contributed by atoms with E-state index in [4.69, 9.17) is 17.3 Å². The quantitative estimate of drug-likeness (QED) is 0.794. The van der Waals surface area contributed by atoms with Crippen LogP contribution in [0.5, 0.6) is 0 Å². The van der Waals surface area contributed by atoms with Gasteiger partial charge in [-0.1, -0.05) is 23.7 Å². The SMILES string of the molecule is CC(Nc1cccc(NC(N)=O)c1)c1ccc(Cl)c(F)c1. The number of nitrogens with one attached hydrogen (secondary N) is 2. The van der Waals surface area contributed by atoms with Crippen molar-refractivity contribution in [2.75, 3.05) is 10.6 Å². The Labute approximate surface area is 127 Å². The number of primary amides is 1. The molecule has 2 amide bonds. The van der Waals surface area contributed by atoms with Crippen LogP contribution in [0.3, 0.4) is 0 Å². The normalized spacial score (nSPS) is 11.8. The summed E-state index contributed by atoms with van der Waals surface area (Å²) in [5.74, 6) is -0.452. The van der Waals surface area contributed by atoms with Crippen molar-refractivity contribution in [3.8, 4) is 0 Å². The Hall–Kier alpha value is -2.27. The van der Waals surface area contributed by atoms with Gasteiger partial charge < -0.3 is 16.4 Å². The molecule has 0 saturated heterocycles. The third kappa shape index (κ3) is 4.10. The largest absolute Gasteiger partial charge is 0.378 e. The van der Waals surface area contributed by atoms with Crippen molar-refractivity contribution in [3.63, 3.8) is 0 Å². The Morgan fingerprint density at radius 1 is 1.24 bits per heavy atom.